The number of anilines is 1. The number of hydrogen-bond donors (Lipinski definition) is 1. The molecule has 0 saturated heterocycles. The molecule has 0 bridgehead atoms. The van der Waals surface area contributed by atoms with Gasteiger partial charge < -0.3 is 10.1 Å². The Bertz CT molecular complexity index is 1340. The first-order chi connectivity index (χ1) is 15.8. The summed E-state index contributed by atoms with van der Waals surface area (Å²) in [6.45, 7) is 8.20. The number of carbonyl (C=O) groups excluding carboxylic acids is 1. The Kier molecular flexibility index (Phi) is 5.08. The first-order valence-corrected chi connectivity index (χ1v) is 11.1. The molecule has 0 spiro atoms. The average molecular weight is 443 g/mol. The third-order valence-electron chi connectivity index (χ3n) is 5.56. The van der Waals surface area contributed by atoms with E-state index in [-0.39, 0.29) is 11.4 Å². The zero-order valence-electron chi connectivity index (χ0n) is 19.2. The number of amides is 1. The molecule has 0 radical (unpaired) electrons. The first-order valence-electron chi connectivity index (χ1n) is 11.1. The van der Waals surface area contributed by atoms with Crippen LogP contribution in [0.5, 0.6) is 11.6 Å². The number of pyridine rings is 1. The summed E-state index contributed by atoms with van der Waals surface area (Å²) in [4.78, 5) is 26.5. The monoisotopic (exact) mass is 442 g/mol. The molecule has 0 aliphatic heterocycles. The molecule has 0 unspecified atom stereocenters. The van der Waals surface area contributed by atoms with E-state index in [9.17, 15) is 4.79 Å². The number of rotatable bonds is 5. The highest BCUT2D eigenvalue weighted by Gasteiger charge is 2.30. The Morgan fingerprint density at radius 1 is 1.18 bits per heavy atom. The summed E-state index contributed by atoms with van der Waals surface area (Å²) in [6.07, 6.45) is 6.88. The second-order valence-electron chi connectivity index (χ2n) is 9.36. The van der Waals surface area contributed by atoms with Crippen LogP contribution in [0, 0.1) is 6.92 Å². The molecule has 3 heterocycles. The van der Waals surface area contributed by atoms with Gasteiger partial charge in [0.25, 0.3) is 5.91 Å². The van der Waals surface area contributed by atoms with Gasteiger partial charge in [0.05, 0.1) is 28.4 Å². The van der Waals surface area contributed by atoms with E-state index in [1.165, 1.54) is 6.20 Å². The lowest BCUT2D eigenvalue weighted by molar-refractivity contribution is 0.102. The van der Waals surface area contributed by atoms with Gasteiger partial charge >= 0.3 is 0 Å². The second kappa shape index (κ2) is 7.95. The summed E-state index contributed by atoms with van der Waals surface area (Å²) in [7, 11) is 0. The van der Waals surface area contributed by atoms with E-state index in [1.807, 2.05) is 29.8 Å². The van der Waals surface area contributed by atoms with Crippen molar-refractivity contribution in [3.8, 4) is 11.6 Å². The molecule has 1 aromatic carbocycles. The van der Waals surface area contributed by atoms with E-state index in [2.05, 4.69) is 36.1 Å². The molecule has 1 fully saturated rings. The van der Waals surface area contributed by atoms with Crippen molar-refractivity contribution in [2.75, 3.05) is 5.32 Å². The number of nitrogens with one attached hydrogen (secondary N) is 1. The van der Waals surface area contributed by atoms with Gasteiger partial charge in [-0.1, -0.05) is 6.07 Å². The van der Waals surface area contributed by atoms with Gasteiger partial charge in [0.2, 0.25) is 5.88 Å². The average Bonchev–Trinajstić information content (AvgIpc) is 3.57. The predicted octanol–water partition coefficient (Wildman–Crippen LogP) is 5.21. The number of fused-ring (bicyclic) bond motifs is 1. The zero-order valence-corrected chi connectivity index (χ0v) is 19.2. The standard InChI is InChI=1S/C25H26N6O2/c1-15-22-19(13-20(16-8-9-16)29-23(22)31(30-15)25(2,3)4)24(32)28-17-6-5-7-18(12-17)33-21-14-26-10-11-27-21/h5-7,10-14,16H,8-9H2,1-4H3,(H,28,32). The maximum atomic E-state index is 13.5. The van der Waals surface area contributed by atoms with Gasteiger partial charge in [-0.25, -0.2) is 14.6 Å². The quantitative estimate of drug-likeness (QED) is 0.456. The van der Waals surface area contributed by atoms with Crippen molar-refractivity contribution in [3.63, 3.8) is 0 Å². The number of nitrogens with zero attached hydrogens (tertiary/aromatic N) is 5. The van der Waals surface area contributed by atoms with Crippen LogP contribution in [0.15, 0.2) is 48.9 Å². The van der Waals surface area contributed by atoms with Gasteiger partial charge in [0.15, 0.2) is 5.65 Å². The number of ether oxygens (including phenoxy) is 1. The summed E-state index contributed by atoms with van der Waals surface area (Å²) in [5.41, 5.74) is 3.48. The summed E-state index contributed by atoms with van der Waals surface area (Å²) in [5, 5.41) is 8.54. The summed E-state index contributed by atoms with van der Waals surface area (Å²) >= 11 is 0. The van der Waals surface area contributed by atoms with E-state index < -0.39 is 0 Å². The minimum atomic E-state index is -0.249. The highest BCUT2D eigenvalue weighted by Crippen LogP contribution is 2.41. The maximum absolute atomic E-state index is 13.5. The maximum Gasteiger partial charge on any atom is 0.256 e. The van der Waals surface area contributed by atoms with Gasteiger partial charge in [-0.3, -0.25) is 9.78 Å². The van der Waals surface area contributed by atoms with Gasteiger partial charge in [-0.05, 0) is 58.7 Å². The third-order valence-corrected chi connectivity index (χ3v) is 5.56. The van der Waals surface area contributed by atoms with Crippen LogP contribution in [-0.2, 0) is 5.54 Å². The molecule has 1 aliphatic rings. The highest BCUT2D eigenvalue weighted by molar-refractivity contribution is 6.12. The van der Waals surface area contributed by atoms with Crippen molar-refractivity contribution >= 4 is 22.6 Å². The fourth-order valence-electron chi connectivity index (χ4n) is 3.84. The Hall–Kier alpha value is -3.81. The lowest BCUT2D eigenvalue weighted by atomic mass is 10.1. The molecule has 4 aromatic rings. The molecule has 33 heavy (non-hydrogen) atoms. The molecule has 0 atom stereocenters. The van der Waals surface area contributed by atoms with Gasteiger partial charge in [-0.2, -0.15) is 5.10 Å². The Morgan fingerprint density at radius 3 is 2.70 bits per heavy atom. The van der Waals surface area contributed by atoms with Crippen molar-refractivity contribution in [2.45, 2.75) is 52.0 Å². The second-order valence-corrected chi connectivity index (χ2v) is 9.36. The van der Waals surface area contributed by atoms with Crippen LogP contribution in [0.25, 0.3) is 11.0 Å². The van der Waals surface area contributed by atoms with Crippen molar-refractivity contribution in [1.82, 2.24) is 24.7 Å². The Balaban J connectivity index is 1.50. The van der Waals surface area contributed by atoms with Crippen LogP contribution in [0.1, 0.15) is 61.3 Å². The topological polar surface area (TPSA) is 94.8 Å². The molecule has 1 amide bonds. The lowest BCUT2D eigenvalue weighted by Crippen LogP contribution is -2.23. The van der Waals surface area contributed by atoms with Crippen molar-refractivity contribution in [2.24, 2.45) is 0 Å². The van der Waals surface area contributed by atoms with E-state index in [0.29, 0.717) is 28.8 Å². The van der Waals surface area contributed by atoms with Gasteiger partial charge in [0.1, 0.15) is 5.75 Å². The molecule has 1 saturated carbocycles. The number of benzene rings is 1. The normalized spacial score (nSPS) is 13.8. The lowest BCUT2D eigenvalue weighted by Gasteiger charge is -2.20. The first kappa shape index (κ1) is 21.1. The molecule has 1 N–H and O–H groups in total. The summed E-state index contributed by atoms with van der Waals surface area (Å²) < 4.78 is 7.67. The molecular weight excluding hydrogens is 416 g/mol. The Labute approximate surface area is 192 Å². The Morgan fingerprint density at radius 2 is 2.00 bits per heavy atom. The molecule has 8 heteroatoms. The molecule has 1 aliphatic carbocycles. The largest absolute Gasteiger partial charge is 0.437 e. The molecule has 168 valence electrons. The van der Waals surface area contributed by atoms with Crippen LogP contribution in [0.3, 0.4) is 0 Å². The molecule has 5 rings (SSSR count). The van der Waals surface area contributed by atoms with Crippen LogP contribution in [0.4, 0.5) is 5.69 Å². The van der Waals surface area contributed by atoms with Crippen molar-refractivity contribution in [1.29, 1.82) is 0 Å². The fourth-order valence-corrected chi connectivity index (χ4v) is 3.84. The fraction of sp³-hybridized carbons (Fsp3) is 0.320. The van der Waals surface area contributed by atoms with E-state index >= 15 is 0 Å². The minimum absolute atomic E-state index is 0.197. The van der Waals surface area contributed by atoms with Crippen LogP contribution in [0.2, 0.25) is 0 Å². The molecule has 3 aromatic heterocycles. The van der Waals surface area contributed by atoms with E-state index in [1.54, 1.807) is 24.5 Å². The minimum Gasteiger partial charge on any atom is -0.437 e. The third kappa shape index (κ3) is 4.28. The van der Waals surface area contributed by atoms with Gasteiger partial charge in [0, 0.05) is 35.8 Å². The van der Waals surface area contributed by atoms with Crippen molar-refractivity contribution in [3.05, 3.63) is 65.9 Å². The SMILES string of the molecule is Cc1nn(C(C)(C)C)c2nc(C3CC3)cc(C(=O)Nc3cccc(Oc4cnccn4)c3)c12. The number of carbonyl (C=O) groups is 1. The van der Waals surface area contributed by atoms with Crippen LogP contribution in [-0.4, -0.2) is 30.6 Å². The number of aryl methyl sites for hydroxylation is 1. The predicted molar refractivity (Wildman–Crippen MR) is 126 cm³/mol. The number of hydrogen-bond acceptors (Lipinski definition) is 6. The van der Waals surface area contributed by atoms with Crippen LogP contribution < -0.4 is 10.1 Å². The van der Waals surface area contributed by atoms with E-state index in [4.69, 9.17) is 14.8 Å². The molecular formula is C25H26N6O2. The molecule has 8 nitrogen and oxygen atoms in total. The smallest absolute Gasteiger partial charge is 0.256 e. The van der Waals surface area contributed by atoms with E-state index in [0.717, 1.165) is 35.3 Å². The zero-order chi connectivity index (χ0) is 23.2. The highest BCUT2D eigenvalue weighted by atomic mass is 16.5. The van der Waals surface area contributed by atoms with Crippen molar-refractivity contribution < 1.29 is 9.53 Å². The van der Waals surface area contributed by atoms with Gasteiger partial charge in [-0.15, -0.1) is 0 Å². The number of aromatic nitrogens is 5. The summed E-state index contributed by atoms with van der Waals surface area (Å²) in [5.74, 6) is 1.16. The van der Waals surface area contributed by atoms with Crippen LogP contribution >= 0.6 is 0 Å². The summed E-state index contributed by atoms with van der Waals surface area (Å²) in [6, 6.07) is 9.14.